The van der Waals surface area contributed by atoms with E-state index in [-0.39, 0.29) is 35.3 Å². The molecule has 2 amide bonds. The third kappa shape index (κ3) is 4.93. The minimum Gasteiger partial charge on any atom is -0.393 e. The summed E-state index contributed by atoms with van der Waals surface area (Å²) in [5, 5.41) is 12.5. The molecule has 0 radical (unpaired) electrons. The zero-order valence-electron chi connectivity index (χ0n) is 14.8. The molecule has 0 spiro atoms. The lowest BCUT2D eigenvalue weighted by Gasteiger charge is -2.30. The van der Waals surface area contributed by atoms with Crippen molar-refractivity contribution in [2.75, 3.05) is 13.1 Å². The molecule has 5 heteroatoms. The highest BCUT2D eigenvalue weighted by Crippen LogP contribution is 2.30. The first-order valence-corrected chi connectivity index (χ1v) is 9.06. The van der Waals surface area contributed by atoms with Crippen molar-refractivity contribution in [3.8, 4) is 0 Å². The molecule has 1 aliphatic carbocycles. The van der Waals surface area contributed by atoms with Crippen LogP contribution in [0.3, 0.4) is 0 Å². The van der Waals surface area contributed by atoms with Gasteiger partial charge in [0.25, 0.3) is 0 Å². The minimum absolute atomic E-state index is 0.0347. The molecule has 2 N–H and O–H groups in total. The fraction of sp³-hybridized carbons (Fsp3) is 0.889. The number of aliphatic hydroxyl groups is 1. The summed E-state index contributed by atoms with van der Waals surface area (Å²) in [6.45, 7) is 7.08. The normalized spacial score (nSPS) is 24.0. The van der Waals surface area contributed by atoms with Crippen LogP contribution in [0, 0.1) is 11.3 Å². The van der Waals surface area contributed by atoms with Crippen LogP contribution in [0.1, 0.15) is 65.7 Å². The van der Waals surface area contributed by atoms with Crippen LogP contribution in [0.15, 0.2) is 0 Å². The number of nitrogens with one attached hydrogen (secondary N) is 1. The topological polar surface area (TPSA) is 69.6 Å². The molecule has 1 saturated carbocycles. The predicted molar refractivity (Wildman–Crippen MR) is 89.8 cm³/mol. The van der Waals surface area contributed by atoms with Crippen LogP contribution in [0.5, 0.6) is 0 Å². The van der Waals surface area contributed by atoms with Gasteiger partial charge in [-0.1, -0.05) is 26.7 Å². The molecule has 2 atom stereocenters. The van der Waals surface area contributed by atoms with Gasteiger partial charge in [-0.05, 0) is 44.4 Å². The Balaban J connectivity index is 1.88. The number of hydrogen-bond donors (Lipinski definition) is 2. The molecule has 1 aliphatic heterocycles. The van der Waals surface area contributed by atoms with Gasteiger partial charge in [0.05, 0.1) is 6.10 Å². The average Bonchev–Trinajstić information content (AvgIpc) is 3.13. The Morgan fingerprint density at radius 1 is 1.22 bits per heavy atom. The number of amides is 2. The van der Waals surface area contributed by atoms with Gasteiger partial charge in [-0.25, -0.2) is 0 Å². The van der Waals surface area contributed by atoms with Crippen molar-refractivity contribution in [1.82, 2.24) is 10.2 Å². The van der Waals surface area contributed by atoms with Crippen molar-refractivity contribution < 1.29 is 14.7 Å². The largest absolute Gasteiger partial charge is 0.393 e. The fourth-order valence-electron chi connectivity index (χ4n) is 4.03. The number of nitrogens with zero attached hydrogens (tertiary/aromatic N) is 1. The molecule has 2 rings (SSSR count). The van der Waals surface area contributed by atoms with Gasteiger partial charge in [0.1, 0.15) is 6.04 Å². The summed E-state index contributed by atoms with van der Waals surface area (Å²) in [6, 6.07) is -0.301. The van der Waals surface area contributed by atoms with E-state index in [0.29, 0.717) is 19.5 Å². The Morgan fingerprint density at radius 3 is 2.48 bits per heavy atom. The van der Waals surface area contributed by atoms with Crippen molar-refractivity contribution in [3.63, 3.8) is 0 Å². The first-order chi connectivity index (χ1) is 10.8. The van der Waals surface area contributed by atoms with Gasteiger partial charge in [-0.3, -0.25) is 9.59 Å². The SMILES string of the molecule is CC(O)CC(C)(C)CNC(=O)C1CCCN1C(=O)C1CCCC1. The average molecular weight is 324 g/mol. The minimum atomic E-state index is -0.381. The second kappa shape index (κ2) is 7.65. The second-order valence-electron chi connectivity index (χ2n) is 8.11. The Hall–Kier alpha value is -1.10. The lowest BCUT2D eigenvalue weighted by atomic mass is 9.87. The summed E-state index contributed by atoms with van der Waals surface area (Å²) in [4.78, 5) is 27.0. The van der Waals surface area contributed by atoms with Gasteiger partial charge in [0.15, 0.2) is 0 Å². The molecule has 1 heterocycles. The molecule has 0 aromatic carbocycles. The van der Waals surface area contributed by atoms with E-state index in [9.17, 15) is 14.7 Å². The molecule has 1 saturated heterocycles. The first-order valence-electron chi connectivity index (χ1n) is 9.06. The zero-order valence-corrected chi connectivity index (χ0v) is 14.8. The Kier molecular flexibility index (Phi) is 6.06. The Labute approximate surface area is 139 Å². The van der Waals surface area contributed by atoms with Crippen LogP contribution in [0.2, 0.25) is 0 Å². The van der Waals surface area contributed by atoms with Gasteiger partial charge >= 0.3 is 0 Å². The second-order valence-corrected chi connectivity index (χ2v) is 8.11. The van der Waals surface area contributed by atoms with E-state index in [1.165, 1.54) is 0 Å². The van der Waals surface area contributed by atoms with Crippen LogP contribution in [-0.4, -0.2) is 47.1 Å². The summed E-state index contributed by atoms with van der Waals surface area (Å²) in [6.07, 6.45) is 6.16. The summed E-state index contributed by atoms with van der Waals surface area (Å²) in [7, 11) is 0. The number of carbonyl (C=O) groups is 2. The van der Waals surface area contributed by atoms with Gasteiger partial charge in [-0.15, -0.1) is 0 Å². The maximum Gasteiger partial charge on any atom is 0.242 e. The van der Waals surface area contributed by atoms with Crippen molar-refractivity contribution in [2.24, 2.45) is 11.3 Å². The van der Waals surface area contributed by atoms with E-state index in [0.717, 1.165) is 38.5 Å². The zero-order chi connectivity index (χ0) is 17.0. The maximum absolute atomic E-state index is 12.6. The van der Waals surface area contributed by atoms with Crippen LogP contribution in [0.25, 0.3) is 0 Å². The van der Waals surface area contributed by atoms with Crippen LogP contribution in [-0.2, 0) is 9.59 Å². The quantitative estimate of drug-likeness (QED) is 0.786. The molecule has 23 heavy (non-hydrogen) atoms. The number of rotatable bonds is 6. The maximum atomic E-state index is 12.6. The number of likely N-dealkylation sites (tertiary alicyclic amines) is 1. The Bertz CT molecular complexity index is 428. The molecular weight excluding hydrogens is 292 g/mol. The highest BCUT2D eigenvalue weighted by atomic mass is 16.3. The molecule has 0 aromatic heterocycles. The predicted octanol–water partition coefficient (Wildman–Crippen LogP) is 2.08. The van der Waals surface area contributed by atoms with Gasteiger partial charge < -0.3 is 15.3 Å². The number of aliphatic hydroxyl groups excluding tert-OH is 1. The fourth-order valence-corrected chi connectivity index (χ4v) is 4.03. The first kappa shape index (κ1) is 18.2. The van der Waals surface area contributed by atoms with E-state index in [2.05, 4.69) is 5.32 Å². The van der Waals surface area contributed by atoms with E-state index < -0.39 is 0 Å². The van der Waals surface area contributed by atoms with E-state index in [1.807, 2.05) is 18.7 Å². The van der Waals surface area contributed by atoms with Gasteiger partial charge in [0, 0.05) is 19.0 Å². The van der Waals surface area contributed by atoms with Crippen molar-refractivity contribution in [2.45, 2.75) is 77.9 Å². The van der Waals surface area contributed by atoms with E-state index in [4.69, 9.17) is 0 Å². The lowest BCUT2D eigenvalue weighted by molar-refractivity contribution is -0.141. The summed E-state index contributed by atoms with van der Waals surface area (Å²) in [5.74, 6) is 0.283. The standard InChI is InChI=1S/C18H32N2O3/c1-13(21)11-18(2,3)12-19-16(22)15-9-6-10-20(15)17(23)14-7-4-5-8-14/h13-15,21H,4-12H2,1-3H3,(H,19,22). The molecule has 2 fully saturated rings. The van der Waals surface area contributed by atoms with E-state index >= 15 is 0 Å². The van der Waals surface area contributed by atoms with Crippen molar-refractivity contribution >= 4 is 11.8 Å². The van der Waals surface area contributed by atoms with Crippen LogP contribution in [0.4, 0.5) is 0 Å². The number of carbonyl (C=O) groups excluding carboxylic acids is 2. The summed E-state index contributed by atoms with van der Waals surface area (Å²) < 4.78 is 0. The molecule has 132 valence electrons. The summed E-state index contributed by atoms with van der Waals surface area (Å²) in [5.41, 5.74) is -0.150. The third-order valence-corrected chi connectivity index (χ3v) is 5.13. The Morgan fingerprint density at radius 2 is 1.87 bits per heavy atom. The number of hydrogen-bond acceptors (Lipinski definition) is 3. The van der Waals surface area contributed by atoms with Crippen molar-refractivity contribution in [1.29, 1.82) is 0 Å². The molecule has 0 aromatic rings. The van der Waals surface area contributed by atoms with Crippen molar-refractivity contribution in [3.05, 3.63) is 0 Å². The molecular formula is C18H32N2O3. The molecule has 2 unspecified atom stereocenters. The monoisotopic (exact) mass is 324 g/mol. The molecule has 2 aliphatic rings. The highest BCUT2D eigenvalue weighted by molar-refractivity contribution is 5.89. The van der Waals surface area contributed by atoms with Crippen LogP contribution >= 0.6 is 0 Å². The highest BCUT2D eigenvalue weighted by Gasteiger charge is 2.38. The lowest BCUT2D eigenvalue weighted by Crippen LogP contribution is -2.49. The van der Waals surface area contributed by atoms with Gasteiger partial charge in [0.2, 0.25) is 11.8 Å². The molecule has 0 bridgehead atoms. The van der Waals surface area contributed by atoms with Crippen LogP contribution < -0.4 is 5.32 Å². The van der Waals surface area contributed by atoms with Gasteiger partial charge in [-0.2, -0.15) is 0 Å². The third-order valence-electron chi connectivity index (χ3n) is 5.13. The molecule has 5 nitrogen and oxygen atoms in total. The smallest absolute Gasteiger partial charge is 0.242 e. The summed E-state index contributed by atoms with van der Waals surface area (Å²) >= 11 is 0. The van der Waals surface area contributed by atoms with E-state index in [1.54, 1.807) is 6.92 Å².